The Bertz CT molecular complexity index is 1080. The van der Waals surface area contributed by atoms with E-state index in [1.807, 2.05) is 18.2 Å². The molecule has 4 rings (SSSR count). The molecular weight excluding hydrogens is 440 g/mol. The fourth-order valence-electron chi connectivity index (χ4n) is 5.22. The Morgan fingerprint density at radius 1 is 0.882 bits per heavy atom. The fourth-order valence-corrected chi connectivity index (χ4v) is 5.22. The van der Waals surface area contributed by atoms with Gasteiger partial charge in [0.25, 0.3) is 0 Å². The van der Waals surface area contributed by atoms with Crippen molar-refractivity contribution in [2.24, 2.45) is 5.92 Å². The molecule has 1 fully saturated rings. The summed E-state index contributed by atoms with van der Waals surface area (Å²) in [5.41, 5.74) is 2.76. The maximum absolute atomic E-state index is 15.2. The summed E-state index contributed by atoms with van der Waals surface area (Å²) in [4.78, 5) is 0. The fraction of sp³-hybridized carbons (Fsp3) is 0.448. The van der Waals surface area contributed by atoms with Crippen LogP contribution in [0.25, 0.3) is 10.8 Å². The number of benzene rings is 3. The molecule has 0 aromatic heterocycles. The molecule has 1 aliphatic carbocycles. The third-order valence-electron chi connectivity index (χ3n) is 7.18. The Kier molecular flexibility index (Phi) is 7.80. The minimum absolute atomic E-state index is 0.204. The number of hydrogen-bond donors (Lipinski definition) is 0. The molecule has 0 amide bonds. The molecule has 1 nitrogen and oxygen atoms in total. The summed E-state index contributed by atoms with van der Waals surface area (Å²) >= 11 is 0. The Balaban J connectivity index is 1.39. The molecule has 0 aliphatic heterocycles. The van der Waals surface area contributed by atoms with Crippen LogP contribution in [0.15, 0.2) is 54.6 Å². The second-order valence-corrected chi connectivity index (χ2v) is 9.57. The van der Waals surface area contributed by atoms with E-state index in [2.05, 4.69) is 23.8 Å². The van der Waals surface area contributed by atoms with Gasteiger partial charge in [0.2, 0.25) is 0 Å². The molecule has 0 spiro atoms. The van der Waals surface area contributed by atoms with E-state index in [1.54, 1.807) is 12.1 Å². The highest BCUT2D eigenvalue weighted by Gasteiger charge is 2.31. The Labute approximate surface area is 199 Å². The normalized spacial score (nSPS) is 18.9. The largest absolute Gasteiger partial charge is 0.573 e. The van der Waals surface area contributed by atoms with Gasteiger partial charge >= 0.3 is 6.36 Å². The van der Waals surface area contributed by atoms with Gasteiger partial charge in [0, 0.05) is 5.39 Å². The first-order valence-electron chi connectivity index (χ1n) is 12.4. The molecule has 0 N–H and O–H groups in total. The highest BCUT2D eigenvalue weighted by molar-refractivity contribution is 5.84. The van der Waals surface area contributed by atoms with Crippen LogP contribution in [0, 0.1) is 11.7 Å². The zero-order chi connectivity index (χ0) is 24.1. The number of unbranched alkanes of at least 4 members (excludes halogenated alkanes) is 1. The number of aryl methyl sites for hydroxylation is 2. The van der Waals surface area contributed by atoms with Crippen LogP contribution in [0.1, 0.15) is 74.5 Å². The lowest BCUT2D eigenvalue weighted by molar-refractivity contribution is -0.274. The summed E-state index contributed by atoms with van der Waals surface area (Å²) in [6, 6.07) is 15.7. The monoisotopic (exact) mass is 472 g/mol. The van der Waals surface area contributed by atoms with Crippen LogP contribution in [0.5, 0.6) is 5.75 Å². The zero-order valence-electron chi connectivity index (χ0n) is 19.6. The van der Waals surface area contributed by atoms with Gasteiger partial charge in [0.05, 0.1) is 0 Å². The minimum Gasteiger partial charge on any atom is -0.406 e. The van der Waals surface area contributed by atoms with Gasteiger partial charge < -0.3 is 4.74 Å². The van der Waals surface area contributed by atoms with E-state index >= 15 is 4.39 Å². The number of alkyl halides is 3. The topological polar surface area (TPSA) is 9.23 Å². The summed E-state index contributed by atoms with van der Waals surface area (Å²) < 4.78 is 56.0. The van der Waals surface area contributed by atoms with Crippen LogP contribution < -0.4 is 4.74 Å². The molecular formula is C29H32F4O. The minimum atomic E-state index is -4.70. The van der Waals surface area contributed by atoms with Gasteiger partial charge in [-0.1, -0.05) is 68.7 Å². The van der Waals surface area contributed by atoms with E-state index in [0.29, 0.717) is 29.7 Å². The number of hydrogen-bond acceptors (Lipinski definition) is 1. The first kappa shape index (κ1) is 24.6. The highest BCUT2D eigenvalue weighted by atomic mass is 19.4. The van der Waals surface area contributed by atoms with Crippen molar-refractivity contribution in [3.8, 4) is 5.75 Å². The van der Waals surface area contributed by atoms with Crippen molar-refractivity contribution in [2.75, 3.05) is 0 Å². The van der Waals surface area contributed by atoms with Crippen molar-refractivity contribution < 1.29 is 22.3 Å². The van der Waals surface area contributed by atoms with Gasteiger partial charge in [-0.15, -0.1) is 13.2 Å². The second-order valence-electron chi connectivity index (χ2n) is 9.57. The lowest BCUT2D eigenvalue weighted by atomic mass is 9.77. The molecule has 0 radical (unpaired) electrons. The first-order valence-corrected chi connectivity index (χ1v) is 12.4. The standard InChI is InChI=1S/C29H32F4O/c1-2-3-4-20-5-10-22(11-6-20)24-15-18-27-25(19-24)14-13-23(28(27)30)12-7-21-8-16-26(17-9-21)34-29(31,32)33/h8-9,13-20,22H,2-7,10-12H2,1H3. The summed E-state index contributed by atoms with van der Waals surface area (Å²) in [5, 5.41) is 1.56. The quantitative estimate of drug-likeness (QED) is 0.297. The van der Waals surface area contributed by atoms with Gasteiger partial charge in [0.1, 0.15) is 11.6 Å². The molecule has 1 aliphatic rings. The van der Waals surface area contributed by atoms with Gasteiger partial charge in [-0.25, -0.2) is 4.39 Å². The average Bonchev–Trinajstić information content (AvgIpc) is 2.82. The SMILES string of the molecule is CCCCC1CCC(c2ccc3c(F)c(CCc4ccc(OC(F)(F)F)cc4)ccc3c2)CC1. The first-order chi connectivity index (χ1) is 16.3. The molecule has 0 heterocycles. The predicted octanol–water partition coefficient (Wildman–Crippen LogP) is 9.13. The molecule has 3 aromatic rings. The number of halogens is 4. The van der Waals surface area contributed by atoms with Crippen LogP contribution in [0.4, 0.5) is 17.6 Å². The summed E-state index contributed by atoms with van der Waals surface area (Å²) in [6.45, 7) is 2.25. The van der Waals surface area contributed by atoms with Crippen LogP contribution in [0.2, 0.25) is 0 Å². The third-order valence-corrected chi connectivity index (χ3v) is 7.18. The van der Waals surface area contributed by atoms with Crippen molar-refractivity contribution in [2.45, 2.75) is 77.0 Å². The smallest absolute Gasteiger partial charge is 0.406 e. The molecule has 34 heavy (non-hydrogen) atoms. The summed E-state index contributed by atoms with van der Waals surface area (Å²) in [5.74, 6) is 0.974. The van der Waals surface area contributed by atoms with Crippen molar-refractivity contribution >= 4 is 10.8 Å². The van der Waals surface area contributed by atoms with Crippen molar-refractivity contribution in [3.63, 3.8) is 0 Å². The molecule has 0 atom stereocenters. The van der Waals surface area contributed by atoms with E-state index in [1.165, 1.54) is 62.6 Å². The summed E-state index contributed by atoms with van der Waals surface area (Å²) in [6.07, 6.45) is 5.26. The van der Waals surface area contributed by atoms with E-state index in [4.69, 9.17) is 0 Å². The van der Waals surface area contributed by atoms with Crippen molar-refractivity contribution in [1.82, 2.24) is 0 Å². The number of rotatable bonds is 8. The average molecular weight is 473 g/mol. The maximum atomic E-state index is 15.2. The van der Waals surface area contributed by atoms with Crippen molar-refractivity contribution in [1.29, 1.82) is 0 Å². The molecule has 3 aromatic carbocycles. The number of ether oxygens (including phenoxy) is 1. The predicted molar refractivity (Wildman–Crippen MR) is 129 cm³/mol. The third kappa shape index (κ3) is 6.31. The molecule has 0 saturated heterocycles. The van der Waals surface area contributed by atoms with Crippen LogP contribution in [0.3, 0.4) is 0 Å². The molecule has 0 bridgehead atoms. The van der Waals surface area contributed by atoms with E-state index in [-0.39, 0.29) is 11.6 Å². The summed E-state index contributed by atoms with van der Waals surface area (Å²) in [7, 11) is 0. The maximum Gasteiger partial charge on any atom is 0.573 e. The highest BCUT2D eigenvalue weighted by Crippen LogP contribution is 2.39. The Morgan fingerprint density at radius 2 is 1.62 bits per heavy atom. The van der Waals surface area contributed by atoms with Crippen molar-refractivity contribution in [3.05, 3.63) is 77.1 Å². The zero-order valence-corrected chi connectivity index (χ0v) is 19.6. The molecule has 0 unspecified atom stereocenters. The molecule has 182 valence electrons. The van der Waals surface area contributed by atoms with Gasteiger partial charge in [-0.2, -0.15) is 0 Å². The molecule has 1 saturated carbocycles. The Morgan fingerprint density at radius 3 is 2.29 bits per heavy atom. The van der Waals surface area contributed by atoms with E-state index in [0.717, 1.165) is 16.9 Å². The van der Waals surface area contributed by atoms with Crippen LogP contribution in [-0.4, -0.2) is 6.36 Å². The second kappa shape index (κ2) is 10.8. The van der Waals surface area contributed by atoms with E-state index in [9.17, 15) is 13.2 Å². The number of fused-ring (bicyclic) bond motifs is 1. The lowest BCUT2D eigenvalue weighted by Gasteiger charge is -2.29. The van der Waals surface area contributed by atoms with Gasteiger partial charge in [-0.05, 0) is 84.6 Å². The van der Waals surface area contributed by atoms with Crippen LogP contribution >= 0.6 is 0 Å². The van der Waals surface area contributed by atoms with Gasteiger partial charge in [-0.3, -0.25) is 0 Å². The van der Waals surface area contributed by atoms with Crippen LogP contribution in [-0.2, 0) is 12.8 Å². The lowest BCUT2D eigenvalue weighted by Crippen LogP contribution is -2.17. The van der Waals surface area contributed by atoms with Gasteiger partial charge in [0.15, 0.2) is 0 Å². The molecule has 5 heteroatoms. The Hall–Kier alpha value is -2.56. The van der Waals surface area contributed by atoms with E-state index < -0.39 is 6.36 Å².